The molecule has 0 fully saturated rings. The largest absolute Gasteiger partial charge is 0.490 e. The van der Waals surface area contributed by atoms with Crippen LogP contribution in [0, 0.1) is 11.6 Å². The molecular formula is C15H15ClF2N2O. The van der Waals surface area contributed by atoms with Crippen molar-refractivity contribution in [1.82, 2.24) is 0 Å². The van der Waals surface area contributed by atoms with Crippen molar-refractivity contribution in [2.45, 2.75) is 13.3 Å². The summed E-state index contributed by atoms with van der Waals surface area (Å²) in [5.41, 5.74) is 6.46. The van der Waals surface area contributed by atoms with Gasteiger partial charge in [-0.1, -0.05) is 18.5 Å². The number of nitrogen functional groups attached to an aromatic ring is 1. The monoisotopic (exact) mass is 312 g/mol. The zero-order chi connectivity index (χ0) is 15.4. The first-order chi connectivity index (χ1) is 10.0. The fraction of sp³-hybridized carbons (Fsp3) is 0.200. The SMILES string of the molecule is CCCOc1cc(Nc2ccc(Cl)cc2F)c(N)cc1F. The topological polar surface area (TPSA) is 47.3 Å². The van der Waals surface area contributed by atoms with E-state index in [2.05, 4.69) is 5.32 Å². The van der Waals surface area contributed by atoms with Crippen LogP contribution in [0.15, 0.2) is 30.3 Å². The van der Waals surface area contributed by atoms with Crippen LogP contribution in [0.25, 0.3) is 0 Å². The molecule has 0 spiro atoms. The predicted octanol–water partition coefficient (Wildman–Crippen LogP) is 4.73. The minimum Gasteiger partial charge on any atom is -0.490 e. The second kappa shape index (κ2) is 6.63. The van der Waals surface area contributed by atoms with Crippen molar-refractivity contribution < 1.29 is 13.5 Å². The van der Waals surface area contributed by atoms with Gasteiger partial charge >= 0.3 is 0 Å². The van der Waals surface area contributed by atoms with E-state index in [4.69, 9.17) is 22.1 Å². The first-order valence-corrected chi connectivity index (χ1v) is 6.83. The van der Waals surface area contributed by atoms with Crippen LogP contribution in [0.5, 0.6) is 5.75 Å². The maximum absolute atomic E-state index is 13.8. The quantitative estimate of drug-likeness (QED) is 0.784. The van der Waals surface area contributed by atoms with Crippen molar-refractivity contribution in [3.05, 3.63) is 47.0 Å². The number of nitrogens with two attached hydrogens (primary N) is 1. The molecular weight excluding hydrogens is 298 g/mol. The minimum absolute atomic E-state index is 0.0721. The van der Waals surface area contributed by atoms with Gasteiger partial charge in [0.1, 0.15) is 5.82 Å². The van der Waals surface area contributed by atoms with E-state index in [0.29, 0.717) is 12.3 Å². The Bertz CT molecular complexity index is 650. The van der Waals surface area contributed by atoms with Crippen molar-refractivity contribution in [1.29, 1.82) is 0 Å². The van der Waals surface area contributed by atoms with Gasteiger partial charge in [-0.2, -0.15) is 0 Å². The Kier molecular flexibility index (Phi) is 4.85. The van der Waals surface area contributed by atoms with Gasteiger partial charge in [0.05, 0.1) is 23.7 Å². The summed E-state index contributed by atoms with van der Waals surface area (Å²) in [4.78, 5) is 0. The molecule has 0 heterocycles. The molecule has 0 saturated heterocycles. The summed E-state index contributed by atoms with van der Waals surface area (Å²) in [6, 6.07) is 6.75. The van der Waals surface area contributed by atoms with Gasteiger partial charge in [-0.25, -0.2) is 8.78 Å². The second-order valence-electron chi connectivity index (χ2n) is 4.47. The average Bonchev–Trinajstić information content (AvgIpc) is 2.43. The van der Waals surface area contributed by atoms with Crippen LogP contribution >= 0.6 is 11.6 Å². The number of hydrogen-bond donors (Lipinski definition) is 2. The van der Waals surface area contributed by atoms with E-state index in [-0.39, 0.29) is 22.1 Å². The number of halogens is 3. The second-order valence-corrected chi connectivity index (χ2v) is 4.90. The molecule has 0 bridgehead atoms. The Labute approximate surface area is 126 Å². The Morgan fingerprint density at radius 1 is 1.14 bits per heavy atom. The fourth-order valence-electron chi connectivity index (χ4n) is 1.74. The number of hydrogen-bond acceptors (Lipinski definition) is 3. The number of benzene rings is 2. The summed E-state index contributed by atoms with van der Waals surface area (Å²) in [7, 11) is 0. The minimum atomic E-state index is -0.553. The van der Waals surface area contributed by atoms with E-state index < -0.39 is 11.6 Å². The molecule has 3 nitrogen and oxygen atoms in total. The molecule has 0 saturated carbocycles. The maximum Gasteiger partial charge on any atom is 0.167 e. The van der Waals surface area contributed by atoms with Crippen LogP contribution in [-0.4, -0.2) is 6.61 Å². The van der Waals surface area contributed by atoms with Gasteiger partial charge in [0.15, 0.2) is 11.6 Å². The Morgan fingerprint density at radius 2 is 1.90 bits per heavy atom. The highest BCUT2D eigenvalue weighted by atomic mass is 35.5. The molecule has 2 aromatic carbocycles. The Hall–Kier alpha value is -2.01. The van der Waals surface area contributed by atoms with Gasteiger partial charge in [-0.3, -0.25) is 0 Å². The first kappa shape index (κ1) is 15.4. The predicted molar refractivity (Wildman–Crippen MR) is 81.3 cm³/mol. The van der Waals surface area contributed by atoms with Crippen molar-refractivity contribution in [3.8, 4) is 5.75 Å². The van der Waals surface area contributed by atoms with E-state index in [0.717, 1.165) is 12.5 Å². The van der Waals surface area contributed by atoms with Crippen molar-refractivity contribution >= 4 is 28.7 Å². The van der Waals surface area contributed by atoms with Crippen molar-refractivity contribution in [2.24, 2.45) is 0 Å². The van der Waals surface area contributed by atoms with Crippen LogP contribution in [0.4, 0.5) is 25.8 Å². The van der Waals surface area contributed by atoms with Crippen molar-refractivity contribution in [2.75, 3.05) is 17.7 Å². The molecule has 0 amide bonds. The molecule has 3 N–H and O–H groups in total. The molecule has 0 aliphatic heterocycles. The molecule has 0 aromatic heterocycles. The lowest BCUT2D eigenvalue weighted by Crippen LogP contribution is -2.03. The van der Waals surface area contributed by atoms with E-state index in [1.807, 2.05) is 6.92 Å². The molecule has 0 unspecified atom stereocenters. The average molecular weight is 313 g/mol. The molecule has 0 radical (unpaired) electrons. The van der Waals surface area contributed by atoms with E-state index in [9.17, 15) is 8.78 Å². The fourth-order valence-corrected chi connectivity index (χ4v) is 1.89. The number of rotatable bonds is 5. The first-order valence-electron chi connectivity index (χ1n) is 6.45. The lowest BCUT2D eigenvalue weighted by molar-refractivity contribution is 0.301. The van der Waals surface area contributed by atoms with Gasteiger partial charge in [-0.05, 0) is 24.6 Å². The summed E-state index contributed by atoms with van der Waals surface area (Å²) < 4.78 is 32.7. The summed E-state index contributed by atoms with van der Waals surface area (Å²) >= 11 is 5.69. The smallest absolute Gasteiger partial charge is 0.167 e. The summed E-state index contributed by atoms with van der Waals surface area (Å²) in [6.45, 7) is 2.30. The molecule has 112 valence electrons. The van der Waals surface area contributed by atoms with Gasteiger partial charge in [0.2, 0.25) is 0 Å². The highest BCUT2D eigenvalue weighted by molar-refractivity contribution is 6.30. The van der Waals surface area contributed by atoms with E-state index in [1.54, 1.807) is 6.07 Å². The highest BCUT2D eigenvalue weighted by Crippen LogP contribution is 2.32. The van der Waals surface area contributed by atoms with Crippen LogP contribution in [0.2, 0.25) is 5.02 Å². The zero-order valence-electron chi connectivity index (χ0n) is 11.4. The van der Waals surface area contributed by atoms with Gasteiger partial charge in [-0.15, -0.1) is 0 Å². The van der Waals surface area contributed by atoms with Crippen molar-refractivity contribution in [3.63, 3.8) is 0 Å². The third-order valence-electron chi connectivity index (χ3n) is 2.77. The standard InChI is InChI=1S/C15H15ClF2N2O/c1-2-5-21-15-8-14(12(19)7-11(15)18)20-13-4-3-9(16)6-10(13)17/h3-4,6-8,20H,2,5,19H2,1H3. The third kappa shape index (κ3) is 3.76. The highest BCUT2D eigenvalue weighted by Gasteiger charge is 2.11. The van der Waals surface area contributed by atoms with E-state index >= 15 is 0 Å². The summed E-state index contributed by atoms with van der Waals surface area (Å²) in [5.74, 6) is -1.01. The molecule has 2 rings (SSSR count). The normalized spacial score (nSPS) is 10.5. The van der Waals surface area contributed by atoms with Crippen LogP contribution in [0.3, 0.4) is 0 Å². The summed E-state index contributed by atoms with van der Waals surface area (Å²) in [6.07, 6.45) is 0.748. The Morgan fingerprint density at radius 3 is 2.57 bits per heavy atom. The lowest BCUT2D eigenvalue weighted by atomic mass is 10.2. The Balaban J connectivity index is 2.30. The lowest BCUT2D eigenvalue weighted by Gasteiger charge is -2.13. The van der Waals surface area contributed by atoms with Crippen LogP contribution in [0.1, 0.15) is 13.3 Å². The van der Waals surface area contributed by atoms with Gasteiger partial charge in [0, 0.05) is 17.2 Å². The van der Waals surface area contributed by atoms with Crippen LogP contribution in [-0.2, 0) is 0 Å². The van der Waals surface area contributed by atoms with Gasteiger partial charge in [0.25, 0.3) is 0 Å². The molecule has 0 atom stereocenters. The zero-order valence-corrected chi connectivity index (χ0v) is 12.2. The number of anilines is 3. The third-order valence-corrected chi connectivity index (χ3v) is 3.00. The van der Waals surface area contributed by atoms with Crippen LogP contribution < -0.4 is 15.8 Å². The summed E-state index contributed by atoms with van der Waals surface area (Å²) in [5, 5.41) is 3.10. The molecule has 21 heavy (non-hydrogen) atoms. The number of ether oxygens (including phenoxy) is 1. The van der Waals surface area contributed by atoms with Gasteiger partial charge < -0.3 is 15.8 Å². The van der Waals surface area contributed by atoms with E-state index in [1.165, 1.54) is 18.2 Å². The maximum atomic E-state index is 13.8. The molecule has 6 heteroatoms. The molecule has 0 aliphatic carbocycles. The molecule has 0 aliphatic rings. The number of nitrogens with one attached hydrogen (secondary N) is 1. The molecule has 2 aromatic rings.